The van der Waals surface area contributed by atoms with Crippen molar-refractivity contribution in [1.29, 1.82) is 0 Å². The second-order valence-electron chi connectivity index (χ2n) is 10.1. The molecule has 5 fully saturated rings. The molecule has 0 aromatic heterocycles. The molecule has 1 unspecified atom stereocenters. The van der Waals surface area contributed by atoms with Gasteiger partial charge in [-0.2, -0.15) is 0 Å². The molecule has 5 aliphatic rings. The number of carbonyl (C=O) groups is 2. The minimum Gasteiger partial charge on any atom is -0.336 e. The Morgan fingerprint density at radius 3 is 2.39 bits per heavy atom. The van der Waals surface area contributed by atoms with Crippen LogP contribution in [0.2, 0.25) is 10.0 Å². The van der Waals surface area contributed by atoms with E-state index in [1.54, 1.807) is 23.1 Å². The quantitative estimate of drug-likeness (QED) is 0.568. The Hall–Kier alpha value is -1.66. The third-order valence-electron chi connectivity index (χ3n) is 7.73. The maximum Gasteiger partial charge on any atom is 0.322 e. The van der Waals surface area contributed by atoms with E-state index in [0.717, 1.165) is 49.9 Å². The fourth-order valence-electron chi connectivity index (χ4n) is 6.85. The predicted octanol–water partition coefficient (Wildman–Crippen LogP) is 5.26. The fourth-order valence-corrected chi connectivity index (χ4v) is 7.31. The molecule has 1 atom stereocenters. The third-order valence-corrected chi connectivity index (χ3v) is 8.27. The number of halogens is 2. The number of carbonyl (C=O) groups excluding carboxylic acids is 2. The molecule has 168 valence electrons. The standard InChI is InChI=1S/C23H30Cl2N4O2/c24-17-3-4-20(19(25)9-17)27-22(31)29-5-1-2-18(29)13-26-21(30)28-23-10-14-6-15(11-23)8-16(7-14)12-23/h3-4,9,14-16,18H,1-2,5-8,10-13H2,(H,27,31)(H2,26,28,30). The zero-order chi connectivity index (χ0) is 21.6. The Morgan fingerprint density at radius 2 is 1.74 bits per heavy atom. The van der Waals surface area contributed by atoms with Crippen molar-refractivity contribution in [2.75, 3.05) is 18.4 Å². The highest BCUT2D eigenvalue weighted by Gasteiger charge is 2.51. The second kappa shape index (κ2) is 8.36. The number of amides is 4. The molecule has 8 heteroatoms. The van der Waals surface area contributed by atoms with Crippen LogP contribution in [0.5, 0.6) is 0 Å². The van der Waals surface area contributed by atoms with Gasteiger partial charge in [-0.3, -0.25) is 0 Å². The largest absolute Gasteiger partial charge is 0.336 e. The Balaban J connectivity index is 1.14. The van der Waals surface area contributed by atoms with Gasteiger partial charge in [0.05, 0.1) is 16.8 Å². The summed E-state index contributed by atoms with van der Waals surface area (Å²) in [7, 11) is 0. The van der Waals surface area contributed by atoms with Crippen LogP contribution in [0.4, 0.5) is 15.3 Å². The molecular weight excluding hydrogens is 435 g/mol. The van der Waals surface area contributed by atoms with Crippen molar-refractivity contribution >= 4 is 41.0 Å². The van der Waals surface area contributed by atoms with E-state index in [1.165, 1.54) is 19.3 Å². The van der Waals surface area contributed by atoms with Crippen LogP contribution in [0.25, 0.3) is 0 Å². The van der Waals surface area contributed by atoms with Gasteiger partial charge in [-0.25, -0.2) is 9.59 Å². The van der Waals surface area contributed by atoms with Crippen LogP contribution < -0.4 is 16.0 Å². The van der Waals surface area contributed by atoms with Crippen molar-refractivity contribution in [2.45, 2.75) is 62.9 Å². The molecule has 31 heavy (non-hydrogen) atoms. The van der Waals surface area contributed by atoms with Gasteiger partial charge in [-0.15, -0.1) is 0 Å². The summed E-state index contributed by atoms with van der Waals surface area (Å²) in [6.07, 6.45) is 9.25. The van der Waals surface area contributed by atoms with Crippen LogP contribution in [0.3, 0.4) is 0 Å². The van der Waals surface area contributed by atoms with E-state index in [1.807, 2.05) is 0 Å². The van der Waals surface area contributed by atoms with Gasteiger partial charge < -0.3 is 20.9 Å². The predicted molar refractivity (Wildman–Crippen MR) is 123 cm³/mol. The number of hydrogen-bond donors (Lipinski definition) is 3. The first-order valence-electron chi connectivity index (χ1n) is 11.5. The molecule has 4 amide bonds. The summed E-state index contributed by atoms with van der Waals surface area (Å²) in [6, 6.07) is 4.69. The average molecular weight is 465 g/mol. The van der Waals surface area contributed by atoms with Gasteiger partial charge in [0.2, 0.25) is 0 Å². The number of nitrogens with one attached hydrogen (secondary N) is 3. The molecule has 1 aromatic rings. The molecular formula is C23H30Cl2N4O2. The third kappa shape index (κ3) is 4.47. The fraction of sp³-hybridized carbons (Fsp3) is 0.652. The summed E-state index contributed by atoms with van der Waals surface area (Å²) < 4.78 is 0. The summed E-state index contributed by atoms with van der Waals surface area (Å²) in [5.74, 6) is 2.38. The van der Waals surface area contributed by atoms with Gasteiger partial charge in [0.1, 0.15) is 0 Å². The Kier molecular flexibility index (Phi) is 5.72. The number of urea groups is 2. The van der Waals surface area contributed by atoms with Crippen molar-refractivity contribution < 1.29 is 9.59 Å². The molecule has 6 rings (SSSR count). The second-order valence-corrected chi connectivity index (χ2v) is 10.9. The summed E-state index contributed by atoms with van der Waals surface area (Å²) in [5, 5.41) is 10.2. The Morgan fingerprint density at radius 1 is 1.06 bits per heavy atom. The first-order chi connectivity index (χ1) is 14.9. The molecule has 0 spiro atoms. The molecule has 1 heterocycles. The lowest BCUT2D eigenvalue weighted by molar-refractivity contribution is -0.0135. The molecule has 0 radical (unpaired) electrons. The van der Waals surface area contributed by atoms with E-state index in [4.69, 9.17) is 23.2 Å². The first-order valence-corrected chi connectivity index (χ1v) is 12.2. The van der Waals surface area contributed by atoms with Crippen molar-refractivity contribution in [3.05, 3.63) is 28.2 Å². The van der Waals surface area contributed by atoms with Crippen LogP contribution in [0.15, 0.2) is 18.2 Å². The van der Waals surface area contributed by atoms with Crippen LogP contribution in [0, 0.1) is 17.8 Å². The summed E-state index contributed by atoms with van der Waals surface area (Å²) >= 11 is 12.1. The van der Waals surface area contributed by atoms with Crippen molar-refractivity contribution in [2.24, 2.45) is 17.8 Å². The first kappa shape index (κ1) is 21.2. The zero-order valence-electron chi connectivity index (χ0n) is 17.6. The molecule has 6 nitrogen and oxygen atoms in total. The van der Waals surface area contributed by atoms with Crippen LogP contribution >= 0.6 is 23.2 Å². The van der Waals surface area contributed by atoms with Gasteiger partial charge in [-0.05, 0) is 87.3 Å². The molecule has 4 aliphatic carbocycles. The van der Waals surface area contributed by atoms with Gasteiger partial charge in [-0.1, -0.05) is 23.2 Å². The SMILES string of the molecule is O=C(NCC1CCCN1C(=O)Nc1ccc(Cl)cc1Cl)NC12CC3CC(CC(C3)C1)C2. The topological polar surface area (TPSA) is 73.5 Å². The minimum atomic E-state index is -0.199. The van der Waals surface area contributed by atoms with E-state index >= 15 is 0 Å². The van der Waals surface area contributed by atoms with Gasteiger partial charge in [0.25, 0.3) is 0 Å². The molecule has 4 saturated carbocycles. The average Bonchev–Trinajstić information content (AvgIpc) is 3.16. The molecule has 4 bridgehead atoms. The number of benzene rings is 1. The van der Waals surface area contributed by atoms with E-state index in [-0.39, 0.29) is 23.6 Å². The number of nitrogens with zero attached hydrogens (tertiary/aromatic N) is 1. The maximum atomic E-state index is 12.8. The highest BCUT2D eigenvalue weighted by Crippen LogP contribution is 2.55. The smallest absolute Gasteiger partial charge is 0.322 e. The monoisotopic (exact) mass is 464 g/mol. The molecule has 1 saturated heterocycles. The highest BCUT2D eigenvalue weighted by molar-refractivity contribution is 6.36. The normalized spacial score (nSPS) is 33.4. The summed E-state index contributed by atoms with van der Waals surface area (Å²) in [6.45, 7) is 1.12. The zero-order valence-corrected chi connectivity index (χ0v) is 19.1. The lowest BCUT2D eigenvalue weighted by Crippen LogP contribution is -2.62. The maximum absolute atomic E-state index is 12.8. The number of likely N-dealkylation sites (tertiary alicyclic amines) is 1. The lowest BCUT2D eigenvalue weighted by atomic mass is 9.53. The summed E-state index contributed by atoms with van der Waals surface area (Å²) in [4.78, 5) is 27.3. The van der Waals surface area contributed by atoms with Gasteiger partial charge in [0.15, 0.2) is 0 Å². The molecule has 1 aromatic carbocycles. The summed E-state index contributed by atoms with van der Waals surface area (Å²) in [5.41, 5.74) is 0.533. The van der Waals surface area contributed by atoms with Gasteiger partial charge in [0, 0.05) is 23.7 Å². The van der Waals surface area contributed by atoms with E-state index in [0.29, 0.717) is 28.8 Å². The van der Waals surface area contributed by atoms with Crippen LogP contribution in [-0.2, 0) is 0 Å². The van der Waals surface area contributed by atoms with Crippen molar-refractivity contribution in [1.82, 2.24) is 15.5 Å². The van der Waals surface area contributed by atoms with Crippen molar-refractivity contribution in [3.63, 3.8) is 0 Å². The van der Waals surface area contributed by atoms with E-state index < -0.39 is 0 Å². The minimum absolute atomic E-state index is 0.00307. The van der Waals surface area contributed by atoms with Crippen molar-refractivity contribution in [3.8, 4) is 0 Å². The number of anilines is 1. The Bertz CT molecular complexity index is 842. The van der Waals surface area contributed by atoms with Gasteiger partial charge >= 0.3 is 12.1 Å². The van der Waals surface area contributed by atoms with Crippen LogP contribution in [-0.4, -0.2) is 41.6 Å². The van der Waals surface area contributed by atoms with E-state index in [9.17, 15) is 9.59 Å². The van der Waals surface area contributed by atoms with E-state index in [2.05, 4.69) is 16.0 Å². The highest BCUT2D eigenvalue weighted by atomic mass is 35.5. The lowest BCUT2D eigenvalue weighted by Gasteiger charge is -2.56. The van der Waals surface area contributed by atoms with Crippen LogP contribution in [0.1, 0.15) is 51.4 Å². The number of rotatable bonds is 4. The molecule has 3 N–H and O–H groups in total. The number of hydrogen-bond acceptors (Lipinski definition) is 2. The Labute approximate surface area is 193 Å². The molecule has 1 aliphatic heterocycles.